The van der Waals surface area contributed by atoms with E-state index in [1.807, 2.05) is 42.5 Å². The quantitative estimate of drug-likeness (QED) is 0.726. The number of ether oxygens (including phenoxy) is 3. The Morgan fingerprint density at radius 3 is 2.96 bits per heavy atom. The summed E-state index contributed by atoms with van der Waals surface area (Å²) in [6.45, 7) is 0.813. The van der Waals surface area contributed by atoms with E-state index in [4.69, 9.17) is 14.2 Å². The average molecular weight is 354 g/mol. The summed E-state index contributed by atoms with van der Waals surface area (Å²) in [5.74, 6) is 1.42. The second-order valence-electron chi connectivity index (χ2n) is 6.05. The van der Waals surface area contributed by atoms with Crippen molar-refractivity contribution in [3.8, 4) is 11.5 Å². The van der Waals surface area contributed by atoms with E-state index in [0.717, 1.165) is 11.3 Å². The number of benzene rings is 2. The monoisotopic (exact) mass is 354 g/mol. The SMILES string of the molecule is O=c1cnc2ccccc2n1C[C@H](O)COCc1ccc2c(c1)OCO2. The van der Waals surface area contributed by atoms with E-state index in [2.05, 4.69) is 4.98 Å². The van der Waals surface area contributed by atoms with E-state index in [1.165, 1.54) is 10.8 Å². The van der Waals surface area contributed by atoms with Crippen LogP contribution >= 0.6 is 0 Å². The molecule has 1 aliphatic heterocycles. The van der Waals surface area contributed by atoms with Gasteiger partial charge < -0.3 is 23.9 Å². The minimum Gasteiger partial charge on any atom is -0.454 e. The molecule has 134 valence electrons. The molecule has 1 atom stereocenters. The zero-order valence-electron chi connectivity index (χ0n) is 14.0. The van der Waals surface area contributed by atoms with Gasteiger partial charge in [-0.25, -0.2) is 4.98 Å². The van der Waals surface area contributed by atoms with Crippen molar-refractivity contribution in [3.63, 3.8) is 0 Å². The van der Waals surface area contributed by atoms with Crippen LogP contribution in [-0.4, -0.2) is 34.2 Å². The summed E-state index contributed by atoms with van der Waals surface area (Å²) in [5, 5.41) is 10.3. The molecule has 0 aliphatic carbocycles. The fourth-order valence-electron chi connectivity index (χ4n) is 2.91. The van der Waals surface area contributed by atoms with E-state index in [0.29, 0.717) is 23.4 Å². The maximum Gasteiger partial charge on any atom is 0.269 e. The first-order chi connectivity index (χ1) is 12.7. The molecule has 4 rings (SSSR count). The van der Waals surface area contributed by atoms with Crippen LogP contribution < -0.4 is 15.0 Å². The van der Waals surface area contributed by atoms with Crippen LogP contribution in [0, 0.1) is 0 Å². The predicted molar refractivity (Wildman–Crippen MR) is 94.2 cm³/mol. The van der Waals surface area contributed by atoms with Crippen LogP contribution in [0.3, 0.4) is 0 Å². The Morgan fingerprint density at radius 1 is 1.19 bits per heavy atom. The summed E-state index contributed by atoms with van der Waals surface area (Å²) in [7, 11) is 0. The van der Waals surface area contributed by atoms with E-state index >= 15 is 0 Å². The Bertz CT molecular complexity index is 985. The Labute approximate surface area is 149 Å². The van der Waals surface area contributed by atoms with Crippen molar-refractivity contribution >= 4 is 11.0 Å². The highest BCUT2D eigenvalue weighted by Crippen LogP contribution is 2.32. The zero-order chi connectivity index (χ0) is 17.9. The van der Waals surface area contributed by atoms with Gasteiger partial charge in [-0.3, -0.25) is 4.79 Å². The summed E-state index contributed by atoms with van der Waals surface area (Å²) in [6, 6.07) is 12.9. The number of hydrogen-bond acceptors (Lipinski definition) is 6. The van der Waals surface area contributed by atoms with Crippen molar-refractivity contribution in [2.24, 2.45) is 0 Å². The molecule has 0 radical (unpaired) electrons. The zero-order valence-corrected chi connectivity index (χ0v) is 14.0. The van der Waals surface area contributed by atoms with Crippen LogP contribution in [0.15, 0.2) is 53.5 Å². The van der Waals surface area contributed by atoms with Gasteiger partial charge in [-0.15, -0.1) is 0 Å². The molecule has 7 heteroatoms. The summed E-state index contributed by atoms with van der Waals surface area (Å²) in [5.41, 5.74) is 2.07. The van der Waals surface area contributed by atoms with E-state index in [9.17, 15) is 9.90 Å². The number of hydrogen-bond donors (Lipinski definition) is 1. The Hall–Kier alpha value is -2.90. The first-order valence-corrected chi connectivity index (χ1v) is 8.29. The Kier molecular flexibility index (Phi) is 4.55. The van der Waals surface area contributed by atoms with Gasteiger partial charge in [0.2, 0.25) is 6.79 Å². The minimum absolute atomic E-state index is 0.109. The van der Waals surface area contributed by atoms with Crippen LogP contribution in [-0.2, 0) is 17.9 Å². The lowest BCUT2D eigenvalue weighted by molar-refractivity contribution is 0.0204. The molecule has 2 heterocycles. The van der Waals surface area contributed by atoms with Gasteiger partial charge in [-0.2, -0.15) is 0 Å². The van der Waals surface area contributed by atoms with E-state index in [1.54, 1.807) is 0 Å². The van der Waals surface area contributed by atoms with Gasteiger partial charge in [0.15, 0.2) is 11.5 Å². The maximum absolute atomic E-state index is 12.1. The molecular formula is C19H18N2O5. The molecule has 1 N–H and O–H groups in total. The van der Waals surface area contributed by atoms with E-state index in [-0.39, 0.29) is 25.5 Å². The highest BCUT2D eigenvalue weighted by molar-refractivity contribution is 5.74. The number of aliphatic hydroxyl groups excluding tert-OH is 1. The van der Waals surface area contributed by atoms with Crippen LogP contribution in [0.5, 0.6) is 11.5 Å². The molecule has 0 spiro atoms. The number of aromatic nitrogens is 2. The molecular weight excluding hydrogens is 336 g/mol. The van der Waals surface area contributed by atoms with Crippen LogP contribution in [0.2, 0.25) is 0 Å². The van der Waals surface area contributed by atoms with Crippen molar-refractivity contribution < 1.29 is 19.3 Å². The molecule has 0 saturated heterocycles. The van der Waals surface area contributed by atoms with Gasteiger partial charge in [0.25, 0.3) is 5.56 Å². The first-order valence-electron chi connectivity index (χ1n) is 8.29. The number of aliphatic hydroxyl groups is 1. The second kappa shape index (κ2) is 7.15. The Morgan fingerprint density at radius 2 is 2.04 bits per heavy atom. The highest BCUT2D eigenvalue weighted by atomic mass is 16.7. The molecule has 1 aromatic heterocycles. The molecule has 1 aliphatic rings. The molecule has 3 aromatic rings. The first kappa shape index (κ1) is 16.6. The van der Waals surface area contributed by atoms with Gasteiger partial charge >= 0.3 is 0 Å². The second-order valence-corrected chi connectivity index (χ2v) is 6.05. The van der Waals surface area contributed by atoms with Gasteiger partial charge in [0, 0.05) is 0 Å². The van der Waals surface area contributed by atoms with Crippen LogP contribution in [0.1, 0.15) is 5.56 Å². The lowest BCUT2D eigenvalue weighted by Crippen LogP contribution is -2.29. The fourth-order valence-corrected chi connectivity index (χ4v) is 2.91. The summed E-state index contributed by atoms with van der Waals surface area (Å²) in [4.78, 5) is 16.2. The average Bonchev–Trinajstić information content (AvgIpc) is 3.12. The van der Waals surface area contributed by atoms with E-state index < -0.39 is 6.10 Å². The summed E-state index contributed by atoms with van der Waals surface area (Å²) >= 11 is 0. The molecule has 0 saturated carbocycles. The third-order valence-electron chi connectivity index (χ3n) is 4.16. The number of fused-ring (bicyclic) bond motifs is 2. The third kappa shape index (κ3) is 3.40. The van der Waals surface area contributed by atoms with Crippen molar-refractivity contribution in [2.45, 2.75) is 19.3 Å². The van der Waals surface area contributed by atoms with Crippen molar-refractivity contribution in [1.82, 2.24) is 9.55 Å². The normalized spacial score (nSPS) is 13.9. The maximum atomic E-state index is 12.1. The lowest BCUT2D eigenvalue weighted by atomic mass is 10.2. The number of rotatable bonds is 6. The summed E-state index contributed by atoms with van der Waals surface area (Å²) < 4.78 is 17.7. The predicted octanol–water partition coefficient (Wildman–Crippen LogP) is 1.70. The number of nitrogens with zero attached hydrogens (tertiary/aromatic N) is 2. The van der Waals surface area contributed by atoms with Crippen molar-refractivity contribution in [2.75, 3.05) is 13.4 Å². The van der Waals surface area contributed by atoms with Gasteiger partial charge in [0.05, 0.1) is 43.1 Å². The molecule has 0 unspecified atom stereocenters. The van der Waals surface area contributed by atoms with Crippen LogP contribution in [0.4, 0.5) is 0 Å². The topological polar surface area (TPSA) is 82.8 Å². The molecule has 2 aromatic carbocycles. The molecule has 0 fully saturated rings. The lowest BCUT2D eigenvalue weighted by Gasteiger charge is -2.15. The van der Waals surface area contributed by atoms with Crippen LogP contribution in [0.25, 0.3) is 11.0 Å². The molecule has 0 bridgehead atoms. The summed E-state index contributed by atoms with van der Waals surface area (Å²) in [6.07, 6.45) is 0.454. The van der Waals surface area contributed by atoms with Gasteiger partial charge in [-0.1, -0.05) is 18.2 Å². The smallest absolute Gasteiger partial charge is 0.269 e. The molecule has 26 heavy (non-hydrogen) atoms. The van der Waals surface area contributed by atoms with Crippen molar-refractivity contribution in [1.29, 1.82) is 0 Å². The van der Waals surface area contributed by atoms with Crippen molar-refractivity contribution in [3.05, 3.63) is 64.6 Å². The number of para-hydroxylation sites is 2. The standard InChI is InChI=1S/C19H18N2O5/c22-14(9-21-16-4-2-1-3-15(16)20-8-19(21)23)11-24-10-13-5-6-17-18(7-13)26-12-25-17/h1-8,14,22H,9-12H2/t14-/m0/s1. The fraction of sp³-hybridized carbons (Fsp3) is 0.263. The minimum atomic E-state index is -0.812. The van der Waals surface area contributed by atoms with Gasteiger partial charge in [0.1, 0.15) is 0 Å². The third-order valence-corrected chi connectivity index (χ3v) is 4.16. The highest BCUT2D eigenvalue weighted by Gasteiger charge is 2.14. The Balaban J connectivity index is 1.38. The largest absolute Gasteiger partial charge is 0.454 e. The van der Waals surface area contributed by atoms with Gasteiger partial charge in [-0.05, 0) is 29.8 Å². The molecule has 7 nitrogen and oxygen atoms in total. The molecule has 0 amide bonds.